The van der Waals surface area contributed by atoms with Gasteiger partial charge in [-0.2, -0.15) is 12.6 Å². The molecule has 2 nitrogen and oxygen atoms in total. The van der Waals surface area contributed by atoms with Gasteiger partial charge in [-0.05, 0) is 31.1 Å². The van der Waals surface area contributed by atoms with Crippen LogP contribution in [0.1, 0.15) is 18.5 Å². The fourth-order valence-corrected chi connectivity index (χ4v) is 2.73. The predicted molar refractivity (Wildman–Crippen MR) is 64.0 cm³/mol. The Labute approximate surface area is 94.8 Å². The highest BCUT2D eigenvalue weighted by atomic mass is 32.1. The van der Waals surface area contributed by atoms with Crippen LogP contribution in [0.15, 0.2) is 10.9 Å². The Morgan fingerprint density at radius 2 is 2.43 bits per heavy atom. The van der Waals surface area contributed by atoms with Crippen molar-refractivity contribution in [2.24, 2.45) is 5.41 Å². The summed E-state index contributed by atoms with van der Waals surface area (Å²) in [4.78, 5) is 6.65. The second-order valence-corrected chi connectivity index (χ2v) is 5.35. The van der Waals surface area contributed by atoms with E-state index in [9.17, 15) is 0 Å². The fraction of sp³-hybridized carbons (Fsp3) is 0.700. The lowest BCUT2D eigenvalue weighted by Gasteiger charge is -2.21. The van der Waals surface area contributed by atoms with Gasteiger partial charge >= 0.3 is 0 Å². The highest BCUT2D eigenvalue weighted by Gasteiger charge is 2.41. The van der Waals surface area contributed by atoms with Crippen molar-refractivity contribution < 1.29 is 0 Å². The van der Waals surface area contributed by atoms with E-state index < -0.39 is 0 Å². The highest BCUT2D eigenvalue weighted by molar-refractivity contribution is 7.80. The average molecular weight is 228 g/mol. The minimum atomic E-state index is 0.522. The summed E-state index contributed by atoms with van der Waals surface area (Å²) >= 11 is 6.08. The van der Waals surface area contributed by atoms with Crippen LogP contribution in [-0.4, -0.2) is 29.2 Å². The summed E-state index contributed by atoms with van der Waals surface area (Å²) in [7, 11) is 2.17. The number of nitrogens with zero attached hydrogens (tertiary/aromatic N) is 2. The van der Waals surface area contributed by atoms with E-state index in [1.807, 2.05) is 5.51 Å². The molecule has 0 amide bonds. The van der Waals surface area contributed by atoms with Crippen LogP contribution in [0.3, 0.4) is 0 Å². The van der Waals surface area contributed by atoms with Crippen molar-refractivity contribution in [3.05, 3.63) is 16.6 Å². The van der Waals surface area contributed by atoms with Crippen LogP contribution in [0.5, 0.6) is 0 Å². The van der Waals surface area contributed by atoms with E-state index in [1.165, 1.54) is 18.5 Å². The Hall–Kier alpha value is -0.0600. The van der Waals surface area contributed by atoms with Crippen LogP contribution < -0.4 is 0 Å². The second kappa shape index (κ2) is 4.21. The normalized spacial score (nSPS) is 18.8. The summed E-state index contributed by atoms with van der Waals surface area (Å²) in [6, 6.07) is 0. The topological polar surface area (TPSA) is 16.1 Å². The van der Waals surface area contributed by atoms with Gasteiger partial charge in [0.25, 0.3) is 0 Å². The van der Waals surface area contributed by atoms with E-state index in [2.05, 4.69) is 34.9 Å². The van der Waals surface area contributed by atoms with Gasteiger partial charge in [-0.25, -0.2) is 4.98 Å². The number of hydrogen-bond acceptors (Lipinski definition) is 4. The summed E-state index contributed by atoms with van der Waals surface area (Å²) in [6.45, 7) is 2.13. The number of aromatic nitrogens is 1. The lowest BCUT2D eigenvalue weighted by Crippen LogP contribution is -2.27. The molecule has 1 saturated carbocycles. The lowest BCUT2D eigenvalue weighted by molar-refractivity contribution is 0.268. The summed E-state index contributed by atoms with van der Waals surface area (Å²) in [5.41, 5.74) is 3.61. The minimum absolute atomic E-state index is 0.522. The number of hydrogen-bond donors (Lipinski definition) is 1. The third-order valence-corrected chi connectivity index (χ3v) is 4.12. The molecule has 1 aromatic rings. The first-order valence-corrected chi connectivity index (χ1v) is 6.48. The molecule has 1 heterocycles. The monoisotopic (exact) mass is 228 g/mol. The summed E-state index contributed by atoms with van der Waals surface area (Å²) in [5, 5.41) is 2.12. The molecule has 14 heavy (non-hydrogen) atoms. The molecule has 0 saturated heterocycles. The van der Waals surface area contributed by atoms with E-state index >= 15 is 0 Å². The molecule has 1 aliphatic carbocycles. The number of rotatable bonds is 5. The van der Waals surface area contributed by atoms with Crippen molar-refractivity contribution in [3.8, 4) is 0 Å². The van der Waals surface area contributed by atoms with Crippen LogP contribution in [0.2, 0.25) is 0 Å². The number of thiazole rings is 1. The molecule has 0 bridgehead atoms. The van der Waals surface area contributed by atoms with E-state index in [1.54, 1.807) is 11.3 Å². The SMILES string of the molecule is CN(Cc1cscn1)CC1(CS)CC1. The zero-order valence-electron chi connectivity index (χ0n) is 8.44. The van der Waals surface area contributed by atoms with Gasteiger partial charge in [-0.1, -0.05) is 0 Å². The molecule has 0 spiro atoms. The quantitative estimate of drug-likeness (QED) is 0.778. The molecule has 78 valence electrons. The summed E-state index contributed by atoms with van der Waals surface area (Å²) < 4.78 is 0. The zero-order chi connectivity index (χ0) is 10.0. The van der Waals surface area contributed by atoms with Crippen molar-refractivity contribution in [3.63, 3.8) is 0 Å². The Bertz CT molecular complexity index is 280. The van der Waals surface area contributed by atoms with Crippen LogP contribution in [-0.2, 0) is 6.54 Å². The Kier molecular flexibility index (Phi) is 3.14. The lowest BCUT2D eigenvalue weighted by atomic mass is 10.1. The molecule has 0 aromatic carbocycles. The predicted octanol–water partition coefficient (Wildman–Crippen LogP) is 2.28. The van der Waals surface area contributed by atoms with Crippen LogP contribution in [0.4, 0.5) is 0 Å². The van der Waals surface area contributed by atoms with Crippen molar-refractivity contribution in [1.29, 1.82) is 0 Å². The van der Waals surface area contributed by atoms with E-state index in [-0.39, 0.29) is 0 Å². The van der Waals surface area contributed by atoms with Crippen LogP contribution in [0.25, 0.3) is 0 Å². The average Bonchev–Trinajstić information content (AvgIpc) is 2.74. The van der Waals surface area contributed by atoms with E-state index in [4.69, 9.17) is 0 Å². The van der Waals surface area contributed by atoms with Crippen molar-refractivity contribution in [2.75, 3.05) is 19.3 Å². The first kappa shape index (κ1) is 10.5. The Balaban J connectivity index is 1.82. The summed E-state index contributed by atoms with van der Waals surface area (Å²) in [6.07, 6.45) is 2.69. The third kappa shape index (κ3) is 2.49. The van der Waals surface area contributed by atoms with E-state index in [0.717, 1.165) is 18.8 Å². The van der Waals surface area contributed by atoms with Gasteiger partial charge in [0.15, 0.2) is 0 Å². The van der Waals surface area contributed by atoms with E-state index in [0.29, 0.717) is 5.41 Å². The molecule has 0 N–H and O–H groups in total. The standard InChI is InChI=1S/C10H16N2S2/c1-12(4-9-5-14-8-11-9)6-10(7-13)2-3-10/h5,8,13H,2-4,6-7H2,1H3. The second-order valence-electron chi connectivity index (χ2n) is 4.31. The molecule has 1 fully saturated rings. The smallest absolute Gasteiger partial charge is 0.0795 e. The Morgan fingerprint density at radius 1 is 1.64 bits per heavy atom. The van der Waals surface area contributed by atoms with Crippen molar-refractivity contribution in [2.45, 2.75) is 19.4 Å². The van der Waals surface area contributed by atoms with Gasteiger partial charge in [0.1, 0.15) is 0 Å². The van der Waals surface area contributed by atoms with Gasteiger partial charge in [0.2, 0.25) is 0 Å². The van der Waals surface area contributed by atoms with Crippen molar-refractivity contribution in [1.82, 2.24) is 9.88 Å². The largest absolute Gasteiger partial charge is 0.300 e. The maximum absolute atomic E-state index is 4.41. The molecule has 2 rings (SSSR count). The molecule has 0 unspecified atom stereocenters. The Morgan fingerprint density at radius 3 is 2.93 bits per heavy atom. The molecular weight excluding hydrogens is 212 g/mol. The minimum Gasteiger partial charge on any atom is -0.300 e. The van der Waals surface area contributed by atoms with Crippen LogP contribution >= 0.6 is 24.0 Å². The molecule has 1 aliphatic rings. The van der Waals surface area contributed by atoms with Gasteiger partial charge in [-0.15, -0.1) is 11.3 Å². The number of thiol groups is 1. The molecule has 1 aromatic heterocycles. The highest BCUT2D eigenvalue weighted by Crippen LogP contribution is 2.46. The molecule has 0 atom stereocenters. The fourth-order valence-electron chi connectivity index (χ4n) is 1.76. The summed E-state index contributed by atoms with van der Waals surface area (Å²) in [5.74, 6) is 1.02. The maximum atomic E-state index is 4.41. The zero-order valence-corrected chi connectivity index (χ0v) is 10.2. The van der Waals surface area contributed by atoms with Gasteiger partial charge < -0.3 is 0 Å². The van der Waals surface area contributed by atoms with Gasteiger partial charge in [-0.3, -0.25) is 4.90 Å². The molecular formula is C10H16N2S2. The van der Waals surface area contributed by atoms with Gasteiger partial charge in [0, 0.05) is 18.5 Å². The third-order valence-electron chi connectivity index (χ3n) is 2.81. The van der Waals surface area contributed by atoms with Crippen LogP contribution in [0, 0.1) is 5.41 Å². The molecule has 0 radical (unpaired) electrons. The first-order valence-electron chi connectivity index (χ1n) is 4.91. The maximum Gasteiger partial charge on any atom is 0.0795 e. The van der Waals surface area contributed by atoms with Gasteiger partial charge in [0.05, 0.1) is 11.2 Å². The molecule has 4 heteroatoms. The van der Waals surface area contributed by atoms with Crippen molar-refractivity contribution >= 4 is 24.0 Å². The first-order chi connectivity index (χ1) is 6.74. The molecule has 0 aliphatic heterocycles.